The third-order valence-electron chi connectivity index (χ3n) is 7.88. The van der Waals surface area contributed by atoms with Crippen LogP contribution in [0.3, 0.4) is 0 Å². The molecule has 43 heavy (non-hydrogen) atoms. The first-order valence-electron chi connectivity index (χ1n) is 14.3. The Kier molecular flexibility index (Phi) is 8.52. The Morgan fingerprint density at radius 3 is 2.56 bits per heavy atom. The summed E-state index contributed by atoms with van der Waals surface area (Å²) in [7, 11) is 1.60. The van der Waals surface area contributed by atoms with Crippen molar-refractivity contribution in [3.63, 3.8) is 0 Å². The minimum Gasteiger partial charge on any atom is -0.497 e. The molecule has 0 bridgehead atoms. The van der Waals surface area contributed by atoms with Gasteiger partial charge in [-0.1, -0.05) is 18.2 Å². The quantitative estimate of drug-likeness (QED) is 0.376. The van der Waals surface area contributed by atoms with Crippen molar-refractivity contribution in [2.24, 2.45) is 5.10 Å². The average molecular weight is 589 g/mol. The van der Waals surface area contributed by atoms with Gasteiger partial charge in [0.2, 0.25) is 6.79 Å². The Morgan fingerprint density at radius 1 is 1.02 bits per heavy atom. The molecule has 10 nitrogen and oxygen atoms in total. The van der Waals surface area contributed by atoms with Gasteiger partial charge in [0.1, 0.15) is 18.1 Å². The van der Waals surface area contributed by atoms with Gasteiger partial charge < -0.3 is 23.8 Å². The van der Waals surface area contributed by atoms with E-state index in [1.807, 2.05) is 42.5 Å². The highest BCUT2D eigenvalue weighted by molar-refractivity contribution is 6.04. The first kappa shape index (κ1) is 28.6. The van der Waals surface area contributed by atoms with E-state index in [1.165, 1.54) is 28.1 Å². The summed E-state index contributed by atoms with van der Waals surface area (Å²) in [5.41, 5.74) is 2.33. The van der Waals surface area contributed by atoms with Crippen molar-refractivity contribution < 1.29 is 32.9 Å². The normalized spacial score (nSPS) is 18.0. The van der Waals surface area contributed by atoms with Crippen molar-refractivity contribution in [1.29, 1.82) is 0 Å². The molecular weight excluding hydrogens is 555 g/mol. The first-order chi connectivity index (χ1) is 21.0. The molecule has 0 spiro atoms. The van der Waals surface area contributed by atoms with Crippen LogP contribution in [0.2, 0.25) is 0 Å². The summed E-state index contributed by atoms with van der Waals surface area (Å²) in [5, 5.41) is 6.20. The van der Waals surface area contributed by atoms with Crippen LogP contribution >= 0.6 is 0 Å². The molecule has 3 aliphatic rings. The summed E-state index contributed by atoms with van der Waals surface area (Å²) in [6, 6.07) is 18.5. The molecule has 3 aromatic rings. The number of ether oxygens (including phenoxy) is 4. The lowest BCUT2D eigenvalue weighted by atomic mass is 9.98. The molecule has 1 fully saturated rings. The van der Waals surface area contributed by atoms with Crippen molar-refractivity contribution >= 4 is 17.5 Å². The van der Waals surface area contributed by atoms with E-state index in [2.05, 4.69) is 4.90 Å². The number of fused-ring (bicyclic) bond motifs is 1. The van der Waals surface area contributed by atoms with Gasteiger partial charge in [-0.05, 0) is 59.7 Å². The largest absolute Gasteiger partial charge is 0.497 e. The molecule has 3 aromatic carbocycles. The number of carbonyl (C=O) groups is 2. The number of nitrogens with zero attached hydrogens (tertiary/aromatic N) is 4. The van der Waals surface area contributed by atoms with Crippen LogP contribution in [0.4, 0.5) is 4.39 Å². The standard InChI is InChI=1S/C32H33FN4O6/c1-40-24-9-6-22(7-10-24)27-19-28(23-8-11-29-30(18-23)43-21-42-29)37(34-27)31(38)20-36(13-12-35-14-16-41-17-15-35)32(39)25-4-2-3-5-26(25)33/h2-11,18,28H,12-17,19-21H2,1H3. The maximum absolute atomic E-state index is 14.7. The number of benzene rings is 3. The Bertz CT molecular complexity index is 1510. The molecule has 3 aliphatic heterocycles. The third kappa shape index (κ3) is 6.32. The predicted octanol–water partition coefficient (Wildman–Crippen LogP) is 3.72. The molecule has 1 atom stereocenters. The SMILES string of the molecule is COc1ccc(C2=NN(C(=O)CN(CCN3CCOCC3)C(=O)c3ccccc3F)C(c3ccc4c(c3)OCO4)C2)cc1. The Hall–Kier alpha value is -4.48. The summed E-state index contributed by atoms with van der Waals surface area (Å²) in [6.45, 7) is 3.31. The van der Waals surface area contributed by atoms with Gasteiger partial charge in [-0.2, -0.15) is 5.10 Å². The second kappa shape index (κ2) is 12.8. The van der Waals surface area contributed by atoms with E-state index >= 15 is 0 Å². The number of rotatable bonds is 9. The molecule has 0 aliphatic carbocycles. The predicted molar refractivity (Wildman–Crippen MR) is 156 cm³/mol. The zero-order chi connectivity index (χ0) is 29.8. The number of halogens is 1. The van der Waals surface area contributed by atoms with Gasteiger partial charge in [0.15, 0.2) is 11.5 Å². The highest BCUT2D eigenvalue weighted by atomic mass is 19.1. The van der Waals surface area contributed by atoms with Crippen LogP contribution in [0.15, 0.2) is 71.8 Å². The van der Waals surface area contributed by atoms with Crippen LogP contribution in [0.25, 0.3) is 0 Å². The maximum Gasteiger partial charge on any atom is 0.262 e. The molecule has 11 heteroatoms. The molecule has 3 heterocycles. The van der Waals surface area contributed by atoms with Crippen LogP contribution in [-0.4, -0.2) is 92.2 Å². The molecule has 1 saturated heterocycles. The van der Waals surface area contributed by atoms with E-state index in [9.17, 15) is 14.0 Å². The van der Waals surface area contributed by atoms with Gasteiger partial charge in [-0.15, -0.1) is 0 Å². The summed E-state index contributed by atoms with van der Waals surface area (Å²) in [4.78, 5) is 31.2. The Balaban J connectivity index is 1.28. The van der Waals surface area contributed by atoms with E-state index in [-0.39, 0.29) is 31.4 Å². The first-order valence-corrected chi connectivity index (χ1v) is 14.3. The summed E-state index contributed by atoms with van der Waals surface area (Å²) in [6.07, 6.45) is 0.451. The van der Waals surface area contributed by atoms with Crippen molar-refractivity contribution in [3.8, 4) is 17.2 Å². The van der Waals surface area contributed by atoms with Gasteiger partial charge in [0.25, 0.3) is 11.8 Å². The highest BCUT2D eigenvalue weighted by Gasteiger charge is 2.36. The number of hydrazone groups is 1. The van der Waals surface area contributed by atoms with Crippen LogP contribution in [0, 0.1) is 5.82 Å². The lowest BCUT2D eigenvalue weighted by molar-refractivity contribution is -0.133. The zero-order valence-corrected chi connectivity index (χ0v) is 23.9. The Morgan fingerprint density at radius 2 is 1.79 bits per heavy atom. The van der Waals surface area contributed by atoms with Crippen molar-refractivity contribution in [2.45, 2.75) is 12.5 Å². The minimum absolute atomic E-state index is 0.0755. The average Bonchev–Trinajstić information content (AvgIpc) is 3.71. The number of morpholine rings is 1. The molecule has 224 valence electrons. The molecular formula is C32H33FN4O6. The summed E-state index contributed by atoms with van der Waals surface area (Å²) >= 11 is 0. The zero-order valence-electron chi connectivity index (χ0n) is 23.9. The number of hydrogen-bond acceptors (Lipinski definition) is 8. The molecule has 0 radical (unpaired) electrons. The molecule has 0 aromatic heterocycles. The number of methoxy groups -OCH3 is 1. The summed E-state index contributed by atoms with van der Waals surface area (Å²) < 4.78 is 36.5. The van der Waals surface area contributed by atoms with E-state index in [4.69, 9.17) is 24.0 Å². The summed E-state index contributed by atoms with van der Waals surface area (Å²) in [5.74, 6) is 0.404. The van der Waals surface area contributed by atoms with Crippen molar-refractivity contribution in [1.82, 2.24) is 14.8 Å². The van der Waals surface area contributed by atoms with E-state index in [0.29, 0.717) is 43.4 Å². The molecule has 1 unspecified atom stereocenters. The van der Waals surface area contributed by atoms with E-state index < -0.39 is 17.8 Å². The van der Waals surface area contributed by atoms with Crippen molar-refractivity contribution in [2.75, 3.05) is 59.8 Å². The van der Waals surface area contributed by atoms with Gasteiger partial charge in [0.05, 0.1) is 37.6 Å². The van der Waals surface area contributed by atoms with Crippen LogP contribution in [0.1, 0.15) is 33.9 Å². The fraction of sp³-hybridized carbons (Fsp3) is 0.344. The number of hydrogen-bond donors (Lipinski definition) is 0. The van der Waals surface area contributed by atoms with E-state index in [1.54, 1.807) is 13.2 Å². The Labute approximate surface area is 249 Å². The maximum atomic E-state index is 14.7. The second-order valence-electron chi connectivity index (χ2n) is 10.5. The van der Waals surface area contributed by atoms with Gasteiger partial charge in [-0.25, -0.2) is 9.40 Å². The van der Waals surface area contributed by atoms with Crippen LogP contribution < -0.4 is 14.2 Å². The smallest absolute Gasteiger partial charge is 0.262 e. The fourth-order valence-electron chi connectivity index (χ4n) is 5.46. The number of amides is 2. The van der Waals surface area contributed by atoms with Gasteiger partial charge in [0, 0.05) is 32.6 Å². The lowest BCUT2D eigenvalue weighted by Gasteiger charge is -2.31. The minimum atomic E-state index is -0.629. The third-order valence-corrected chi connectivity index (χ3v) is 7.88. The number of carbonyl (C=O) groups excluding carboxylic acids is 2. The van der Waals surface area contributed by atoms with E-state index in [0.717, 1.165) is 29.9 Å². The highest BCUT2D eigenvalue weighted by Crippen LogP contribution is 2.39. The molecule has 0 saturated carbocycles. The van der Waals surface area contributed by atoms with Crippen LogP contribution in [0.5, 0.6) is 17.2 Å². The van der Waals surface area contributed by atoms with Crippen LogP contribution in [-0.2, 0) is 9.53 Å². The van der Waals surface area contributed by atoms with Crippen molar-refractivity contribution in [3.05, 3.63) is 89.2 Å². The van der Waals surface area contributed by atoms with Gasteiger partial charge in [-0.3, -0.25) is 14.5 Å². The topological polar surface area (TPSA) is 93.1 Å². The monoisotopic (exact) mass is 588 g/mol. The fourth-order valence-corrected chi connectivity index (χ4v) is 5.46. The lowest BCUT2D eigenvalue weighted by Crippen LogP contribution is -2.46. The second-order valence-corrected chi connectivity index (χ2v) is 10.5. The molecule has 0 N–H and O–H groups in total. The van der Waals surface area contributed by atoms with Gasteiger partial charge >= 0.3 is 0 Å². The molecule has 6 rings (SSSR count). The molecule has 2 amide bonds.